The highest BCUT2D eigenvalue weighted by molar-refractivity contribution is 5.82. The summed E-state index contributed by atoms with van der Waals surface area (Å²) in [6.45, 7) is 6.71. The van der Waals surface area contributed by atoms with E-state index in [1.54, 1.807) is 0 Å². The van der Waals surface area contributed by atoms with Gasteiger partial charge >= 0.3 is 0 Å². The average Bonchev–Trinajstić information content (AvgIpc) is 2.07. The van der Waals surface area contributed by atoms with Gasteiger partial charge in [-0.3, -0.25) is 9.69 Å². The number of rotatable bonds is 2. The van der Waals surface area contributed by atoms with Crippen LogP contribution in [0.5, 0.6) is 0 Å². The van der Waals surface area contributed by atoms with Crippen molar-refractivity contribution in [1.29, 1.82) is 0 Å². The van der Waals surface area contributed by atoms with E-state index in [0.717, 1.165) is 0 Å². The molecule has 0 bridgehead atoms. The van der Waals surface area contributed by atoms with Crippen LogP contribution in [0.25, 0.3) is 0 Å². The monoisotopic (exact) mass is 186 g/mol. The molecule has 4 heteroatoms. The molecule has 1 fully saturated rings. The highest BCUT2D eigenvalue weighted by Gasteiger charge is 2.34. The number of carbonyl (C=O) groups excluding carboxylic acids is 1. The van der Waals surface area contributed by atoms with E-state index in [2.05, 4.69) is 17.1 Å². The Balaban J connectivity index is 2.77. The van der Waals surface area contributed by atoms with E-state index >= 15 is 0 Å². The number of nitrogens with zero attached hydrogens (tertiary/aromatic N) is 1. The summed E-state index contributed by atoms with van der Waals surface area (Å²) in [5.41, 5.74) is 0. The van der Waals surface area contributed by atoms with Crippen molar-refractivity contribution >= 4 is 5.91 Å². The molecule has 1 aliphatic rings. The standard InChI is InChI=1S/C9H18N2O2/c1-6(2)11-7(3)4-10-9(13)8(11)5-12/h6-8,12H,4-5H2,1-3H3,(H,10,13). The van der Waals surface area contributed by atoms with E-state index in [-0.39, 0.29) is 18.6 Å². The third-order valence-electron chi connectivity index (χ3n) is 2.51. The fourth-order valence-corrected chi connectivity index (χ4v) is 1.96. The number of aliphatic hydroxyl groups is 1. The Kier molecular flexibility index (Phi) is 3.27. The van der Waals surface area contributed by atoms with Gasteiger partial charge in [0.2, 0.25) is 5.91 Å². The molecule has 2 N–H and O–H groups in total. The predicted octanol–water partition coefficient (Wildman–Crippen LogP) is -0.424. The molecule has 0 saturated carbocycles. The molecule has 2 atom stereocenters. The molecule has 0 aromatic heterocycles. The number of nitrogens with one attached hydrogen (secondary N) is 1. The van der Waals surface area contributed by atoms with Gasteiger partial charge in [-0.25, -0.2) is 0 Å². The lowest BCUT2D eigenvalue weighted by molar-refractivity contribution is -0.134. The van der Waals surface area contributed by atoms with Gasteiger partial charge in [0.15, 0.2) is 0 Å². The number of piperazine rings is 1. The maximum absolute atomic E-state index is 11.4. The molecule has 0 radical (unpaired) electrons. The van der Waals surface area contributed by atoms with Crippen molar-refractivity contribution in [3.8, 4) is 0 Å². The Morgan fingerprint density at radius 2 is 2.31 bits per heavy atom. The Morgan fingerprint density at radius 3 is 2.69 bits per heavy atom. The zero-order valence-electron chi connectivity index (χ0n) is 8.45. The van der Waals surface area contributed by atoms with Crippen LogP contribution in [0.3, 0.4) is 0 Å². The highest BCUT2D eigenvalue weighted by atomic mass is 16.3. The molecule has 1 aliphatic heterocycles. The average molecular weight is 186 g/mol. The molecule has 1 amide bonds. The van der Waals surface area contributed by atoms with Gasteiger partial charge in [-0.15, -0.1) is 0 Å². The third-order valence-corrected chi connectivity index (χ3v) is 2.51. The van der Waals surface area contributed by atoms with E-state index < -0.39 is 0 Å². The molecule has 13 heavy (non-hydrogen) atoms. The molecule has 1 rings (SSSR count). The van der Waals surface area contributed by atoms with Crippen LogP contribution in [0.15, 0.2) is 0 Å². The van der Waals surface area contributed by atoms with Crippen molar-refractivity contribution < 1.29 is 9.90 Å². The number of hydrogen-bond donors (Lipinski definition) is 2. The molecule has 76 valence electrons. The number of amides is 1. The normalized spacial score (nSPS) is 30.7. The van der Waals surface area contributed by atoms with Crippen LogP contribution in [0.1, 0.15) is 20.8 Å². The van der Waals surface area contributed by atoms with Crippen LogP contribution in [0, 0.1) is 0 Å². The molecule has 1 heterocycles. The van der Waals surface area contributed by atoms with Crippen LogP contribution < -0.4 is 5.32 Å². The molecule has 1 saturated heterocycles. The molecule has 0 aromatic carbocycles. The summed E-state index contributed by atoms with van der Waals surface area (Å²) < 4.78 is 0. The van der Waals surface area contributed by atoms with Crippen LogP contribution in [0.2, 0.25) is 0 Å². The summed E-state index contributed by atoms with van der Waals surface area (Å²) in [5.74, 6) is -0.0608. The van der Waals surface area contributed by atoms with Crippen molar-refractivity contribution in [2.45, 2.75) is 38.9 Å². The summed E-state index contributed by atoms with van der Waals surface area (Å²) in [6.07, 6.45) is 0. The van der Waals surface area contributed by atoms with Gasteiger partial charge in [0, 0.05) is 18.6 Å². The van der Waals surface area contributed by atoms with Crippen molar-refractivity contribution in [2.24, 2.45) is 0 Å². The number of aliphatic hydroxyl groups excluding tert-OH is 1. The molecule has 0 aliphatic carbocycles. The molecular weight excluding hydrogens is 168 g/mol. The fraction of sp³-hybridized carbons (Fsp3) is 0.889. The molecule has 2 unspecified atom stereocenters. The van der Waals surface area contributed by atoms with Crippen LogP contribution in [-0.2, 0) is 4.79 Å². The van der Waals surface area contributed by atoms with Gasteiger partial charge in [0.25, 0.3) is 0 Å². The van der Waals surface area contributed by atoms with Crippen molar-refractivity contribution in [2.75, 3.05) is 13.2 Å². The SMILES string of the molecule is CC(C)N1C(C)CNC(=O)C1CO. The quantitative estimate of drug-likeness (QED) is 0.615. The first-order valence-corrected chi connectivity index (χ1v) is 4.74. The zero-order chi connectivity index (χ0) is 10.0. The van der Waals surface area contributed by atoms with Gasteiger partial charge in [-0.2, -0.15) is 0 Å². The van der Waals surface area contributed by atoms with E-state index in [1.807, 2.05) is 13.8 Å². The van der Waals surface area contributed by atoms with Crippen LogP contribution in [-0.4, -0.2) is 47.2 Å². The minimum Gasteiger partial charge on any atom is -0.394 e. The lowest BCUT2D eigenvalue weighted by atomic mass is 10.1. The fourth-order valence-electron chi connectivity index (χ4n) is 1.96. The van der Waals surface area contributed by atoms with Crippen molar-refractivity contribution in [1.82, 2.24) is 10.2 Å². The van der Waals surface area contributed by atoms with Gasteiger partial charge in [-0.05, 0) is 20.8 Å². The maximum atomic E-state index is 11.4. The van der Waals surface area contributed by atoms with Crippen molar-refractivity contribution in [3.63, 3.8) is 0 Å². The van der Waals surface area contributed by atoms with E-state index in [0.29, 0.717) is 18.6 Å². The smallest absolute Gasteiger partial charge is 0.239 e. The first-order chi connectivity index (χ1) is 6.07. The Hall–Kier alpha value is -0.610. The van der Waals surface area contributed by atoms with E-state index in [1.165, 1.54) is 0 Å². The predicted molar refractivity (Wildman–Crippen MR) is 50.3 cm³/mol. The topological polar surface area (TPSA) is 52.6 Å². The largest absolute Gasteiger partial charge is 0.394 e. The maximum Gasteiger partial charge on any atom is 0.239 e. The molecule has 0 spiro atoms. The summed E-state index contributed by atoms with van der Waals surface area (Å²) in [4.78, 5) is 13.4. The molecular formula is C9H18N2O2. The second kappa shape index (κ2) is 4.07. The first-order valence-electron chi connectivity index (χ1n) is 4.74. The van der Waals surface area contributed by atoms with Crippen LogP contribution in [0.4, 0.5) is 0 Å². The van der Waals surface area contributed by atoms with Gasteiger partial charge in [0.05, 0.1) is 6.61 Å². The number of hydrogen-bond acceptors (Lipinski definition) is 3. The lowest BCUT2D eigenvalue weighted by Crippen LogP contribution is -2.62. The summed E-state index contributed by atoms with van der Waals surface area (Å²) in [5, 5.41) is 11.9. The molecule has 0 aromatic rings. The molecule has 4 nitrogen and oxygen atoms in total. The Bertz CT molecular complexity index is 194. The third kappa shape index (κ3) is 2.00. The second-order valence-electron chi connectivity index (χ2n) is 3.83. The minimum absolute atomic E-state index is 0.0608. The Labute approximate surface area is 78.9 Å². The Morgan fingerprint density at radius 1 is 1.69 bits per heavy atom. The zero-order valence-corrected chi connectivity index (χ0v) is 8.45. The second-order valence-corrected chi connectivity index (χ2v) is 3.83. The van der Waals surface area contributed by atoms with Crippen molar-refractivity contribution in [3.05, 3.63) is 0 Å². The van der Waals surface area contributed by atoms with E-state index in [9.17, 15) is 4.79 Å². The first kappa shape index (κ1) is 10.5. The van der Waals surface area contributed by atoms with Gasteiger partial charge in [0.1, 0.15) is 6.04 Å². The number of carbonyl (C=O) groups is 1. The van der Waals surface area contributed by atoms with Crippen LogP contribution >= 0.6 is 0 Å². The van der Waals surface area contributed by atoms with Gasteiger partial charge in [-0.1, -0.05) is 0 Å². The van der Waals surface area contributed by atoms with Gasteiger partial charge < -0.3 is 10.4 Å². The minimum atomic E-state index is -0.372. The lowest BCUT2D eigenvalue weighted by Gasteiger charge is -2.41. The summed E-state index contributed by atoms with van der Waals surface area (Å²) in [6, 6.07) is 0.219. The summed E-state index contributed by atoms with van der Waals surface area (Å²) >= 11 is 0. The summed E-state index contributed by atoms with van der Waals surface area (Å²) in [7, 11) is 0. The highest BCUT2D eigenvalue weighted by Crippen LogP contribution is 2.14. The van der Waals surface area contributed by atoms with E-state index in [4.69, 9.17) is 5.11 Å².